The number of ether oxygens (including phenoxy) is 2. The lowest BCUT2D eigenvalue weighted by molar-refractivity contribution is -0.158. The van der Waals surface area contributed by atoms with E-state index in [1.165, 1.54) is 103 Å². The molecule has 0 aromatic rings. The van der Waals surface area contributed by atoms with E-state index in [0.29, 0.717) is 13.2 Å². The molecule has 6 nitrogen and oxygen atoms in total. The molecule has 346 valence electrons. The molecule has 0 aliphatic heterocycles. The highest BCUT2D eigenvalue weighted by Gasteiger charge is 2.38. The highest BCUT2D eigenvalue weighted by atomic mass is 16.5. The van der Waals surface area contributed by atoms with Crippen molar-refractivity contribution in [1.82, 2.24) is 4.90 Å². The molecular formula is C52H103NO5. The van der Waals surface area contributed by atoms with Crippen molar-refractivity contribution in [3.05, 3.63) is 0 Å². The number of hydrogen-bond donors (Lipinski definition) is 1. The molecule has 0 amide bonds. The van der Waals surface area contributed by atoms with Crippen molar-refractivity contribution in [1.29, 1.82) is 0 Å². The van der Waals surface area contributed by atoms with Crippen molar-refractivity contribution in [2.75, 3.05) is 39.5 Å². The fourth-order valence-corrected chi connectivity index (χ4v) is 8.92. The number of aliphatic hydroxyl groups is 1. The van der Waals surface area contributed by atoms with E-state index in [1.54, 1.807) is 0 Å². The van der Waals surface area contributed by atoms with Crippen molar-refractivity contribution in [2.45, 2.75) is 273 Å². The summed E-state index contributed by atoms with van der Waals surface area (Å²) in [5.41, 5.74) is -0.584. The summed E-state index contributed by atoms with van der Waals surface area (Å²) in [6.07, 6.45) is 41.1. The van der Waals surface area contributed by atoms with E-state index in [0.717, 1.165) is 148 Å². The summed E-state index contributed by atoms with van der Waals surface area (Å²) in [4.78, 5) is 29.7. The van der Waals surface area contributed by atoms with Gasteiger partial charge in [0.05, 0.1) is 24.0 Å². The summed E-state index contributed by atoms with van der Waals surface area (Å²) < 4.78 is 12.1. The lowest BCUT2D eigenvalue weighted by atomic mass is 9.75. The Balaban J connectivity index is 4.68. The van der Waals surface area contributed by atoms with E-state index in [-0.39, 0.29) is 29.4 Å². The zero-order valence-corrected chi connectivity index (χ0v) is 40.2. The Morgan fingerprint density at radius 1 is 0.379 bits per heavy atom. The van der Waals surface area contributed by atoms with Crippen LogP contribution in [-0.4, -0.2) is 61.4 Å². The quantitative estimate of drug-likeness (QED) is 0.0487. The Morgan fingerprint density at radius 2 is 0.655 bits per heavy atom. The van der Waals surface area contributed by atoms with Crippen LogP contribution in [0.3, 0.4) is 0 Å². The number of carbonyl (C=O) groups is 2. The smallest absolute Gasteiger partial charge is 0.312 e. The highest BCUT2D eigenvalue weighted by molar-refractivity contribution is 5.77. The molecule has 0 spiro atoms. The summed E-state index contributed by atoms with van der Waals surface area (Å²) in [5, 5.41) is 9.38. The van der Waals surface area contributed by atoms with Gasteiger partial charge in [0.2, 0.25) is 0 Å². The predicted octanol–water partition coefficient (Wildman–Crippen LogP) is 15.5. The maximum Gasteiger partial charge on any atom is 0.312 e. The van der Waals surface area contributed by atoms with Crippen LogP contribution >= 0.6 is 0 Å². The molecule has 58 heavy (non-hydrogen) atoms. The van der Waals surface area contributed by atoms with Gasteiger partial charge in [-0.2, -0.15) is 0 Å². The third-order valence-corrected chi connectivity index (χ3v) is 13.3. The van der Waals surface area contributed by atoms with E-state index >= 15 is 0 Å². The SMILES string of the molecule is CCCCCCCCC(CC)(CCCCCC)C(=O)OCCCCCCN(CCCCO)CCCCCCOC(=O)C(CC)(CCCCCC)CCCCCCCC. The molecule has 0 aliphatic carbocycles. The molecule has 0 radical (unpaired) electrons. The van der Waals surface area contributed by atoms with Crippen LogP contribution in [0.15, 0.2) is 0 Å². The average Bonchev–Trinajstić information content (AvgIpc) is 3.23. The molecule has 0 aliphatic rings. The normalized spacial score (nSPS) is 13.8. The lowest BCUT2D eigenvalue weighted by Crippen LogP contribution is -2.33. The standard InChI is InChI=1S/C52H103NO5/c1-7-13-17-21-23-31-41-51(11-5,39-29-19-15-9-3)49(55)57-47-37-27-25-33-43-53(45-35-36-46-54)44-34-26-28-38-48-58-50(56)52(12-6,40-30-20-16-10-4)42-32-24-22-18-14-8-2/h54H,7-48H2,1-6H3. The molecule has 0 heterocycles. The van der Waals surface area contributed by atoms with E-state index < -0.39 is 0 Å². The number of unbranched alkanes of at least 4 members (excludes halogenated alkanes) is 23. The first kappa shape index (κ1) is 56.9. The number of nitrogens with zero attached hydrogens (tertiary/aromatic N) is 1. The van der Waals surface area contributed by atoms with Crippen LogP contribution in [0.2, 0.25) is 0 Å². The molecule has 0 fully saturated rings. The molecule has 6 heteroatoms. The van der Waals surface area contributed by atoms with Crippen molar-refractivity contribution in [3.63, 3.8) is 0 Å². The molecule has 0 rings (SSSR count). The van der Waals surface area contributed by atoms with E-state index in [4.69, 9.17) is 9.47 Å². The van der Waals surface area contributed by atoms with Gasteiger partial charge < -0.3 is 19.5 Å². The number of aliphatic hydroxyl groups excluding tert-OH is 1. The van der Waals surface area contributed by atoms with E-state index in [9.17, 15) is 14.7 Å². The maximum atomic E-state index is 13.5. The minimum atomic E-state index is -0.292. The zero-order valence-electron chi connectivity index (χ0n) is 40.2. The minimum absolute atomic E-state index is 0.0728. The van der Waals surface area contributed by atoms with Crippen LogP contribution in [0.1, 0.15) is 273 Å². The van der Waals surface area contributed by atoms with Gasteiger partial charge in [0.1, 0.15) is 0 Å². The van der Waals surface area contributed by atoms with E-state index in [1.807, 2.05) is 0 Å². The molecule has 0 saturated carbocycles. The molecule has 2 atom stereocenters. The second-order valence-electron chi connectivity index (χ2n) is 18.3. The van der Waals surface area contributed by atoms with Crippen molar-refractivity contribution >= 4 is 11.9 Å². The molecule has 0 aromatic heterocycles. The third kappa shape index (κ3) is 29.2. The Hall–Kier alpha value is -1.14. The van der Waals surface area contributed by atoms with Gasteiger partial charge in [-0.1, -0.05) is 196 Å². The first-order valence-corrected chi connectivity index (χ1v) is 26.0. The molecule has 0 saturated heterocycles. The van der Waals surface area contributed by atoms with Gasteiger partial charge in [0, 0.05) is 6.61 Å². The van der Waals surface area contributed by atoms with E-state index in [2.05, 4.69) is 46.4 Å². The fraction of sp³-hybridized carbons (Fsp3) is 0.962. The zero-order chi connectivity index (χ0) is 42.8. The van der Waals surface area contributed by atoms with Crippen LogP contribution in [0.4, 0.5) is 0 Å². The fourth-order valence-electron chi connectivity index (χ4n) is 8.92. The Bertz CT molecular complexity index is 831. The molecule has 0 bridgehead atoms. The number of esters is 2. The molecule has 0 aromatic carbocycles. The van der Waals surface area contributed by atoms with Gasteiger partial charge in [-0.05, 0) is 96.7 Å². The van der Waals surface area contributed by atoms with Crippen LogP contribution in [0.25, 0.3) is 0 Å². The molecular weight excluding hydrogens is 719 g/mol. The van der Waals surface area contributed by atoms with Gasteiger partial charge >= 0.3 is 11.9 Å². The Labute approximate surface area is 362 Å². The second kappa shape index (κ2) is 41.2. The number of carbonyl (C=O) groups excluding carboxylic acids is 2. The highest BCUT2D eigenvalue weighted by Crippen LogP contribution is 2.38. The van der Waals surface area contributed by atoms with Crippen LogP contribution < -0.4 is 0 Å². The van der Waals surface area contributed by atoms with Crippen molar-refractivity contribution in [2.24, 2.45) is 10.8 Å². The van der Waals surface area contributed by atoms with Gasteiger partial charge in [-0.15, -0.1) is 0 Å². The first-order valence-electron chi connectivity index (χ1n) is 26.0. The van der Waals surface area contributed by atoms with Gasteiger partial charge in [-0.3, -0.25) is 9.59 Å². The van der Waals surface area contributed by atoms with Crippen molar-refractivity contribution < 1.29 is 24.2 Å². The average molecular weight is 822 g/mol. The third-order valence-electron chi connectivity index (χ3n) is 13.3. The maximum absolute atomic E-state index is 13.5. The van der Waals surface area contributed by atoms with Gasteiger partial charge in [0.15, 0.2) is 0 Å². The Kier molecular flexibility index (Phi) is 40.4. The summed E-state index contributed by atoms with van der Waals surface area (Å²) >= 11 is 0. The summed E-state index contributed by atoms with van der Waals surface area (Å²) in [5.74, 6) is 0.146. The largest absolute Gasteiger partial charge is 0.465 e. The van der Waals surface area contributed by atoms with Crippen LogP contribution in [-0.2, 0) is 19.1 Å². The first-order chi connectivity index (χ1) is 28.3. The summed E-state index contributed by atoms with van der Waals surface area (Å²) in [6.45, 7) is 18.0. The predicted molar refractivity (Wildman–Crippen MR) is 251 cm³/mol. The van der Waals surface area contributed by atoms with Gasteiger partial charge in [0.25, 0.3) is 0 Å². The number of hydrogen-bond acceptors (Lipinski definition) is 6. The number of rotatable bonds is 46. The second-order valence-corrected chi connectivity index (χ2v) is 18.3. The van der Waals surface area contributed by atoms with Gasteiger partial charge in [-0.25, -0.2) is 0 Å². The summed E-state index contributed by atoms with van der Waals surface area (Å²) in [6, 6.07) is 0. The lowest BCUT2D eigenvalue weighted by Gasteiger charge is -2.31. The van der Waals surface area contributed by atoms with Crippen LogP contribution in [0.5, 0.6) is 0 Å². The summed E-state index contributed by atoms with van der Waals surface area (Å²) in [7, 11) is 0. The topological polar surface area (TPSA) is 76.1 Å². The van der Waals surface area contributed by atoms with Crippen LogP contribution in [0, 0.1) is 10.8 Å². The molecule has 1 N–H and O–H groups in total. The molecule has 2 unspecified atom stereocenters. The Morgan fingerprint density at radius 3 is 0.983 bits per heavy atom. The monoisotopic (exact) mass is 822 g/mol. The minimum Gasteiger partial charge on any atom is -0.465 e. The van der Waals surface area contributed by atoms with Crippen molar-refractivity contribution in [3.8, 4) is 0 Å².